The third kappa shape index (κ3) is 4.75. The molecule has 0 aliphatic rings. The number of hydrogen-bond acceptors (Lipinski definition) is 2. The first kappa shape index (κ1) is 14.0. The second kappa shape index (κ2) is 6.62. The molecule has 0 heterocycles. The van der Waals surface area contributed by atoms with Gasteiger partial charge in [0.25, 0.3) is 0 Å². The average Bonchev–Trinajstić information content (AvgIpc) is 2.28. The molecule has 0 spiro atoms. The van der Waals surface area contributed by atoms with Gasteiger partial charge in [0.15, 0.2) is 0 Å². The Morgan fingerprint density at radius 3 is 2.71 bits per heavy atom. The summed E-state index contributed by atoms with van der Waals surface area (Å²) in [7, 11) is 1.98. The molecule has 0 radical (unpaired) electrons. The van der Waals surface area contributed by atoms with E-state index in [0.717, 1.165) is 17.1 Å². The summed E-state index contributed by atoms with van der Waals surface area (Å²) in [6.45, 7) is 2.76. The molecule has 0 aromatic heterocycles. The summed E-state index contributed by atoms with van der Waals surface area (Å²) in [4.78, 5) is 12.6. The lowest BCUT2D eigenvalue weighted by Gasteiger charge is -2.24. The second-order valence-electron chi connectivity index (χ2n) is 4.29. The van der Waals surface area contributed by atoms with Crippen LogP contribution in [0.25, 0.3) is 0 Å². The summed E-state index contributed by atoms with van der Waals surface area (Å²) in [6.07, 6.45) is 0.852. The van der Waals surface area contributed by atoms with Crippen molar-refractivity contribution in [3.05, 3.63) is 34.9 Å². The molecule has 4 heteroatoms. The zero-order valence-corrected chi connectivity index (χ0v) is 10.9. The van der Waals surface area contributed by atoms with Crippen molar-refractivity contribution in [1.82, 2.24) is 4.90 Å². The largest absolute Gasteiger partial charge is 0.481 e. The molecule has 0 saturated carbocycles. The smallest absolute Gasteiger partial charge is 0.303 e. The molecule has 0 aliphatic carbocycles. The second-order valence-corrected chi connectivity index (χ2v) is 4.70. The van der Waals surface area contributed by atoms with Crippen LogP contribution in [0.3, 0.4) is 0 Å². The van der Waals surface area contributed by atoms with E-state index in [0.29, 0.717) is 6.42 Å². The van der Waals surface area contributed by atoms with Gasteiger partial charge in [-0.1, -0.05) is 29.8 Å². The number of carboxylic acid groups (broad SMARTS) is 1. The predicted octanol–water partition coefficient (Wildman–Crippen LogP) is 3.03. The summed E-state index contributed by atoms with van der Waals surface area (Å²) < 4.78 is 0. The molecule has 0 aliphatic heterocycles. The number of halogens is 1. The highest BCUT2D eigenvalue weighted by atomic mass is 35.5. The molecule has 17 heavy (non-hydrogen) atoms. The van der Waals surface area contributed by atoms with Crippen LogP contribution in [0.2, 0.25) is 5.02 Å². The predicted molar refractivity (Wildman–Crippen MR) is 69.3 cm³/mol. The average molecular weight is 256 g/mol. The van der Waals surface area contributed by atoms with Gasteiger partial charge >= 0.3 is 5.97 Å². The molecule has 3 nitrogen and oxygen atoms in total. The minimum atomic E-state index is -0.747. The number of rotatable bonds is 6. The van der Waals surface area contributed by atoms with Crippen LogP contribution in [0.15, 0.2) is 24.3 Å². The molecule has 1 atom stereocenters. The Morgan fingerprint density at radius 1 is 1.47 bits per heavy atom. The van der Waals surface area contributed by atoms with Crippen molar-refractivity contribution in [2.24, 2.45) is 0 Å². The minimum Gasteiger partial charge on any atom is -0.481 e. The monoisotopic (exact) mass is 255 g/mol. The van der Waals surface area contributed by atoms with Crippen LogP contribution < -0.4 is 0 Å². The number of aliphatic carboxylic acids is 1. The third-order valence-electron chi connectivity index (χ3n) is 2.91. The van der Waals surface area contributed by atoms with Gasteiger partial charge < -0.3 is 5.11 Å². The standard InChI is InChI=1S/C13H18ClNO2/c1-10(7-8-13(16)17)15(2)9-11-5-3-4-6-12(11)14/h3-6,10H,7-9H2,1-2H3,(H,16,17). The minimum absolute atomic E-state index is 0.202. The molecular formula is C13H18ClNO2. The van der Waals surface area contributed by atoms with Crippen LogP contribution >= 0.6 is 11.6 Å². The van der Waals surface area contributed by atoms with Crippen molar-refractivity contribution < 1.29 is 9.90 Å². The van der Waals surface area contributed by atoms with Gasteiger partial charge in [0.05, 0.1) is 0 Å². The Bertz CT molecular complexity index is 381. The Labute approximate surface area is 107 Å². The van der Waals surface area contributed by atoms with Crippen LogP contribution in [0, 0.1) is 0 Å². The molecule has 0 fully saturated rings. The molecular weight excluding hydrogens is 238 g/mol. The third-order valence-corrected chi connectivity index (χ3v) is 3.27. The summed E-state index contributed by atoms with van der Waals surface area (Å²) in [5.41, 5.74) is 1.07. The lowest BCUT2D eigenvalue weighted by atomic mass is 10.1. The summed E-state index contributed by atoms with van der Waals surface area (Å²) in [5.74, 6) is -0.747. The number of benzene rings is 1. The molecule has 0 amide bonds. The number of hydrogen-bond donors (Lipinski definition) is 1. The maximum absolute atomic E-state index is 10.5. The van der Waals surface area contributed by atoms with E-state index in [2.05, 4.69) is 4.90 Å². The molecule has 0 bridgehead atoms. The molecule has 94 valence electrons. The summed E-state index contributed by atoms with van der Waals surface area (Å²) in [6, 6.07) is 7.94. The Hall–Kier alpha value is -1.06. The normalized spacial score (nSPS) is 12.7. The lowest BCUT2D eigenvalue weighted by molar-refractivity contribution is -0.137. The van der Waals surface area contributed by atoms with E-state index in [1.54, 1.807) is 0 Å². The number of nitrogens with zero attached hydrogens (tertiary/aromatic N) is 1. The quantitative estimate of drug-likeness (QED) is 0.850. The van der Waals surface area contributed by atoms with Gasteiger partial charge in [0, 0.05) is 24.0 Å². The molecule has 1 unspecified atom stereocenters. The summed E-state index contributed by atoms with van der Waals surface area (Å²) in [5, 5.41) is 9.39. The fraction of sp³-hybridized carbons (Fsp3) is 0.462. The van der Waals surface area contributed by atoms with Crippen molar-refractivity contribution in [2.45, 2.75) is 32.4 Å². The first-order valence-electron chi connectivity index (χ1n) is 5.66. The van der Waals surface area contributed by atoms with Gasteiger partial charge in [-0.15, -0.1) is 0 Å². The Balaban J connectivity index is 2.51. The van der Waals surface area contributed by atoms with Crippen molar-refractivity contribution in [3.63, 3.8) is 0 Å². The van der Waals surface area contributed by atoms with Crippen molar-refractivity contribution in [3.8, 4) is 0 Å². The molecule has 1 rings (SSSR count). The topological polar surface area (TPSA) is 40.5 Å². The van der Waals surface area contributed by atoms with E-state index >= 15 is 0 Å². The molecule has 0 saturated heterocycles. The van der Waals surface area contributed by atoms with Crippen LogP contribution in [0.4, 0.5) is 0 Å². The number of carbonyl (C=O) groups is 1. The number of carboxylic acids is 1. The van der Waals surface area contributed by atoms with Gasteiger partial charge in [-0.05, 0) is 32.0 Å². The van der Waals surface area contributed by atoms with E-state index in [1.807, 2.05) is 38.2 Å². The van der Waals surface area contributed by atoms with Crippen LogP contribution in [-0.4, -0.2) is 29.1 Å². The van der Waals surface area contributed by atoms with Gasteiger partial charge in [-0.2, -0.15) is 0 Å². The van der Waals surface area contributed by atoms with Crippen molar-refractivity contribution in [1.29, 1.82) is 0 Å². The summed E-state index contributed by atoms with van der Waals surface area (Å²) >= 11 is 6.08. The maximum atomic E-state index is 10.5. The first-order chi connectivity index (χ1) is 8.00. The fourth-order valence-electron chi connectivity index (χ4n) is 1.60. The van der Waals surface area contributed by atoms with Gasteiger partial charge in [-0.25, -0.2) is 0 Å². The molecule has 1 aromatic rings. The van der Waals surface area contributed by atoms with E-state index in [-0.39, 0.29) is 12.5 Å². The van der Waals surface area contributed by atoms with E-state index in [9.17, 15) is 4.79 Å². The van der Waals surface area contributed by atoms with Crippen molar-refractivity contribution >= 4 is 17.6 Å². The van der Waals surface area contributed by atoms with E-state index < -0.39 is 5.97 Å². The van der Waals surface area contributed by atoms with Gasteiger partial charge in [0.1, 0.15) is 0 Å². The van der Waals surface area contributed by atoms with Crippen LogP contribution in [-0.2, 0) is 11.3 Å². The highest BCUT2D eigenvalue weighted by molar-refractivity contribution is 6.31. The fourth-order valence-corrected chi connectivity index (χ4v) is 1.80. The Morgan fingerprint density at radius 2 is 2.12 bits per heavy atom. The molecule has 1 aromatic carbocycles. The van der Waals surface area contributed by atoms with Gasteiger partial charge in [0.2, 0.25) is 0 Å². The highest BCUT2D eigenvalue weighted by Gasteiger charge is 2.12. The zero-order valence-electron chi connectivity index (χ0n) is 10.2. The lowest BCUT2D eigenvalue weighted by Crippen LogP contribution is -2.29. The van der Waals surface area contributed by atoms with E-state index in [4.69, 9.17) is 16.7 Å². The van der Waals surface area contributed by atoms with Crippen LogP contribution in [0.1, 0.15) is 25.3 Å². The molecule has 1 N–H and O–H groups in total. The van der Waals surface area contributed by atoms with Crippen molar-refractivity contribution in [2.75, 3.05) is 7.05 Å². The van der Waals surface area contributed by atoms with Gasteiger partial charge in [-0.3, -0.25) is 9.69 Å². The Kier molecular flexibility index (Phi) is 5.45. The van der Waals surface area contributed by atoms with E-state index in [1.165, 1.54) is 0 Å². The SMILES string of the molecule is CC(CCC(=O)O)N(C)Cc1ccccc1Cl. The first-order valence-corrected chi connectivity index (χ1v) is 6.04. The zero-order chi connectivity index (χ0) is 12.8. The highest BCUT2D eigenvalue weighted by Crippen LogP contribution is 2.18. The van der Waals surface area contributed by atoms with Crippen LogP contribution in [0.5, 0.6) is 0 Å². The maximum Gasteiger partial charge on any atom is 0.303 e.